The van der Waals surface area contributed by atoms with Gasteiger partial charge in [-0.3, -0.25) is 0 Å². The van der Waals surface area contributed by atoms with E-state index in [0.29, 0.717) is 0 Å². The molecule has 18 heteroatoms. The van der Waals surface area contributed by atoms with E-state index in [1.54, 1.807) is 0 Å². The van der Waals surface area contributed by atoms with Gasteiger partial charge in [-0.25, -0.2) is 0 Å². The second-order valence-electron chi connectivity index (χ2n) is 4.62. The molecule has 0 spiro atoms. The molecule has 0 saturated carbocycles. The van der Waals surface area contributed by atoms with Crippen molar-refractivity contribution in [2.45, 2.75) is 0 Å². The molecular weight excluding hydrogens is 195 g/mol. The summed E-state index contributed by atoms with van der Waals surface area (Å²) in [5.41, 5.74) is 0. The average molecular weight is 195 g/mol. The van der Waals surface area contributed by atoms with Gasteiger partial charge in [0.15, 0.2) is 0 Å². The van der Waals surface area contributed by atoms with Crippen molar-refractivity contribution in [2.75, 3.05) is 0 Å². The van der Waals surface area contributed by atoms with Gasteiger partial charge in [0, 0.05) is 128 Å². The fourth-order valence-electron chi connectivity index (χ4n) is 2.05. The van der Waals surface area contributed by atoms with Gasteiger partial charge in [-0.1, -0.05) is 0 Å². The lowest BCUT2D eigenvalue weighted by Gasteiger charge is -2.38. The summed E-state index contributed by atoms with van der Waals surface area (Å²) >= 11 is 0. The molecule has 0 atom stereocenters. The Kier molecular flexibility index (Phi) is 9.00. The van der Waals surface area contributed by atoms with E-state index in [4.69, 9.17) is 77.4 Å². The van der Waals surface area contributed by atoms with E-state index in [0.717, 1.165) is 0 Å². The van der Waals surface area contributed by atoms with Gasteiger partial charge in [0.25, 0.3) is 0 Å². The van der Waals surface area contributed by atoms with Crippen molar-refractivity contribution in [3.63, 3.8) is 0 Å². The van der Waals surface area contributed by atoms with Crippen LogP contribution in [0.2, 0.25) is 0 Å². The molecule has 0 rings (SSSR count). The monoisotopic (exact) mass is 198 g/mol. The Balaban J connectivity index is 5.11. The van der Waals surface area contributed by atoms with Crippen LogP contribution in [0.1, 0.15) is 0 Å². The van der Waals surface area contributed by atoms with Crippen LogP contribution in [-0.4, -0.2) is 128 Å². The van der Waals surface area contributed by atoms with Crippen molar-refractivity contribution in [1.29, 1.82) is 0 Å². The first-order chi connectivity index (χ1) is 8.11. The maximum Gasteiger partial charge on any atom is 0 e. The second-order valence-corrected chi connectivity index (χ2v) is 4.62. The highest BCUT2D eigenvalue weighted by atomic mass is 13.2. The Morgan fingerprint density at radius 3 is 0.889 bits per heavy atom. The zero-order chi connectivity index (χ0) is 14.6. The first-order valence-electron chi connectivity index (χ1n) is 5.67. The molecule has 0 aliphatic heterocycles. The molecule has 0 aromatic heterocycles. The Morgan fingerprint density at radius 2 is 0.667 bits per heavy atom. The average Bonchev–Trinajstić information content (AvgIpc) is 2.15. The standard InChI is InChI=1S/B18/c1-11(2)15(9)18(14(7)8)16(10)17(12(3)4)13(5)6. The van der Waals surface area contributed by atoms with Gasteiger partial charge in [-0.15, -0.1) is 0 Å². The molecule has 0 nitrogen and oxygen atoms in total. The molecular formula is B18. The van der Waals surface area contributed by atoms with Crippen LogP contribution < -0.4 is 0 Å². The van der Waals surface area contributed by atoms with Crippen molar-refractivity contribution in [1.82, 2.24) is 0 Å². The van der Waals surface area contributed by atoms with Crippen LogP contribution in [0, 0.1) is 0 Å². The van der Waals surface area contributed by atoms with Gasteiger partial charge in [0.05, 0.1) is 0 Å². The van der Waals surface area contributed by atoms with Crippen LogP contribution >= 0.6 is 0 Å². The molecule has 0 fully saturated rings. The minimum Gasteiger partial charge on any atom is 0 e. The van der Waals surface area contributed by atoms with Gasteiger partial charge in [-0.2, -0.15) is 0 Å². The molecule has 0 bridgehead atoms. The van der Waals surface area contributed by atoms with Gasteiger partial charge in [0.2, 0.25) is 0 Å². The zero-order valence-corrected chi connectivity index (χ0v) is 10.4. The smallest absolute Gasteiger partial charge is 0 e. The lowest BCUT2D eigenvalue weighted by molar-refractivity contribution is 3.38. The lowest BCUT2D eigenvalue weighted by atomic mass is 8.43. The fourth-order valence-corrected chi connectivity index (χ4v) is 2.05. The van der Waals surface area contributed by atoms with Crippen LogP contribution in [0.4, 0.5) is 0 Å². The van der Waals surface area contributed by atoms with E-state index >= 15 is 0 Å². The third-order valence-electron chi connectivity index (χ3n) is 3.11. The van der Waals surface area contributed by atoms with Crippen LogP contribution in [-0.2, 0) is 0 Å². The molecule has 0 heterocycles. The van der Waals surface area contributed by atoms with Crippen LogP contribution in [0.15, 0.2) is 0 Å². The maximum absolute atomic E-state index is 6.03. The van der Waals surface area contributed by atoms with Crippen LogP contribution in [0.3, 0.4) is 0 Å². The fraction of sp³-hybridized carbons (Fsp3) is 0. The van der Waals surface area contributed by atoms with Gasteiger partial charge >= 0.3 is 0 Å². The summed E-state index contributed by atoms with van der Waals surface area (Å²) in [4.78, 5) is 0. The Labute approximate surface area is 128 Å². The Morgan fingerprint density at radius 1 is 0.333 bits per heavy atom. The van der Waals surface area contributed by atoms with E-state index in [-0.39, 0.29) is 0 Å². The van der Waals surface area contributed by atoms with Crippen molar-refractivity contribution < 1.29 is 0 Å². The lowest BCUT2D eigenvalue weighted by Crippen LogP contribution is -2.76. The number of hydrogen-bond acceptors (Lipinski definition) is 0. The molecule has 0 aromatic carbocycles. The summed E-state index contributed by atoms with van der Waals surface area (Å²) in [6, 6.07) is 0. The van der Waals surface area contributed by atoms with E-state index in [1.807, 2.05) is 0 Å². The highest BCUT2D eigenvalue weighted by Crippen LogP contribution is 2.01. The van der Waals surface area contributed by atoms with Gasteiger partial charge < -0.3 is 0 Å². The third kappa shape index (κ3) is 5.28. The Bertz CT molecular complexity index is 204. The molecule has 0 saturated heterocycles. The van der Waals surface area contributed by atoms with Crippen LogP contribution in [0.25, 0.3) is 0 Å². The highest BCUT2D eigenvalue weighted by molar-refractivity contribution is 8.14. The molecule has 0 aliphatic carbocycles. The third-order valence-corrected chi connectivity index (χ3v) is 3.11. The summed E-state index contributed by atoms with van der Waals surface area (Å²) in [6.45, 7) is 0. The minimum absolute atomic E-state index is 0.612. The molecule has 0 aromatic rings. The van der Waals surface area contributed by atoms with Crippen molar-refractivity contribution >= 4 is 128 Å². The molecule has 18 heavy (non-hydrogen) atoms. The first-order valence-corrected chi connectivity index (χ1v) is 5.67. The first kappa shape index (κ1) is 19.2. The molecule has 0 aliphatic rings. The van der Waals surface area contributed by atoms with Gasteiger partial charge in [-0.05, 0) is 0 Å². The quantitative estimate of drug-likeness (QED) is 0.354. The number of hydrogen-bond donors (Lipinski definition) is 0. The molecule has 54 valence electrons. The van der Waals surface area contributed by atoms with Gasteiger partial charge in [0.1, 0.15) is 0 Å². The zero-order valence-electron chi connectivity index (χ0n) is 10.4. The predicted molar refractivity (Wildman–Crippen MR) is 104 cm³/mol. The van der Waals surface area contributed by atoms with E-state index < -0.39 is 51.1 Å². The normalized spacial score (nSPS) is 9.11. The molecule has 0 N–H and O–H groups in total. The summed E-state index contributed by atoms with van der Waals surface area (Å²) in [5, 5.41) is 0. The van der Waals surface area contributed by atoms with E-state index in [1.165, 1.54) is 0 Å². The summed E-state index contributed by atoms with van der Waals surface area (Å²) in [5.74, 6) is 0. The minimum atomic E-state index is -0.843. The predicted octanol–water partition coefficient (Wildman–Crippen LogP) is -6.85. The van der Waals surface area contributed by atoms with Crippen molar-refractivity contribution in [3.8, 4) is 0 Å². The SMILES string of the molecule is [B]B([B])B([B])B(B([B])[B])B([B])B(B([B])[B])B([B])[B]. The topological polar surface area (TPSA) is 0 Å². The largest absolute Gasteiger partial charge is 0 e. The second kappa shape index (κ2) is 8.45. The molecule has 0 amide bonds. The molecule has 20 radical (unpaired) electrons. The summed E-state index contributed by atoms with van der Waals surface area (Å²) < 4.78 is 0. The van der Waals surface area contributed by atoms with Crippen LogP contribution in [0.5, 0.6) is 0 Å². The van der Waals surface area contributed by atoms with E-state index in [9.17, 15) is 0 Å². The molecule has 0 unspecified atom stereocenters. The summed E-state index contributed by atoms with van der Waals surface area (Å²) in [7, 11) is 56.7. The summed E-state index contributed by atoms with van der Waals surface area (Å²) in [6.07, 6.45) is -6.00. The number of rotatable bonds is 7. The van der Waals surface area contributed by atoms with E-state index in [2.05, 4.69) is 0 Å². The maximum atomic E-state index is 6.03. The Hall–Kier alpha value is 1.17. The van der Waals surface area contributed by atoms with Crippen molar-refractivity contribution in [3.05, 3.63) is 0 Å². The van der Waals surface area contributed by atoms with Crippen molar-refractivity contribution in [2.24, 2.45) is 0 Å². The highest BCUT2D eigenvalue weighted by Gasteiger charge is 2.39.